The normalized spacial score (nSPS) is 15.9. The second-order valence-electron chi connectivity index (χ2n) is 5.14. The summed E-state index contributed by atoms with van der Waals surface area (Å²) in [7, 11) is 1.88. The summed E-state index contributed by atoms with van der Waals surface area (Å²) in [6.45, 7) is 2.82. The minimum Gasteiger partial charge on any atom is -0.335 e. The lowest BCUT2D eigenvalue weighted by Gasteiger charge is -2.28. The van der Waals surface area contributed by atoms with Crippen LogP contribution in [-0.2, 0) is 13.5 Å². The first-order valence-electron chi connectivity index (χ1n) is 7.06. The van der Waals surface area contributed by atoms with Gasteiger partial charge in [-0.05, 0) is 19.3 Å². The van der Waals surface area contributed by atoms with E-state index in [0.29, 0.717) is 6.04 Å². The summed E-state index contributed by atoms with van der Waals surface area (Å²) in [5.74, 6) is 0.149. The quantitative estimate of drug-likeness (QED) is 0.780. The van der Waals surface area contributed by atoms with Crippen LogP contribution in [0.15, 0.2) is 6.20 Å². The van der Waals surface area contributed by atoms with E-state index in [2.05, 4.69) is 21.0 Å². The van der Waals surface area contributed by atoms with Gasteiger partial charge in [0, 0.05) is 31.2 Å². The molecule has 0 radical (unpaired) electrons. The number of hydrogen-bond donors (Lipinski definition) is 0. The predicted molar refractivity (Wildman–Crippen MR) is 79.7 cm³/mol. The fraction of sp³-hybridized carbons (Fsp3) is 0.714. The van der Waals surface area contributed by atoms with Crippen LogP contribution in [0.4, 0.5) is 0 Å². The Morgan fingerprint density at radius 1 is 1.53 bits per heavy atom. The molecule has 1 amide bonds. The molecule has 0 spiro atoms. The Bertz CT molecular complexity index is 438. The lowest BCUT2D eigenvalue weighted by atomic mass is 10.1. The molecule has 0 aromatic carbocycles. The minimum atomic E-state index is 0.149. The van der Waals surface area contributed by atoms with Gasteiger partial charge in [-0.15, -0.1) is 0 Å². The van der Waals surface area contributed by atoms with Gasteiger partial charge in [-0.25, -0.2) is 0 Å². The molecule has 0 aliphatic heterocycles. The Balaban J connectivity index is 2.22. The van der Waals surface area contributed by atoms with Gasteiger partial charge in [0.25, 0.3) is 5.91 Å². The van der Waals surface area contributed by atoms with Crippen LogP contribution in [0, 0.1) is 0 Å². The number of rotatable bonds is 5. The van der Waals surface area contributed by atoms with Gasteiger partial charge in [0.05, 0.1) is 11.3 Å². The molecule has 0 bridgehead atoms. The molecule has 0 saturated heterocycles. The number of carbonyl (C=O) groups excluding carboxylic acids is 1. The Kier molecular flexibility index (Phi) is 5.02. The highest BCUT2D eigenvalue weighted by Crippen LogP contribution is 2.25. The van der Waals surface area contributed by atoms with Crippen molar-refractivity contribution < 1.29 is 4.79 Å². The highest BCUT2D eigenvalue weighted by atomic mass is 79.9. The van der Waals surface area contributed by atoms with Crippen molar-refractivity contribution >= 4 is 21.8 Å². The van der Waals surface area contributed by atoms with Gasteiger partial charge in [-0.1, -0.05) is 35.7 Å². The van der Waals surface area contributed by atoms with Gasteiger partial charge in [0.15, 0.2) is 0 Å². The van der Waals surface area contributed by atoms with Crippen molar-refractivity contribution in [2.24, 2.45) is 7.05 Å². The van der Waals surface area contributed by atoms with Crippen LogP contribution < -0.4 is 0 Å². The third kappa shape index (κ3) is 3.19. The number of nitrogens with zero attached hydrogens (tertiary/aromatic N) is 3. The predicted octanol–water partition coefficient (Wildman–Crippen LogP) is 2.76. The zero-order valence-electron chi connectivity index (χ0n) is 11.7. The molecule has 0 N–H and O–H groups in total. The molecule has 4 nitrogen and oxygen atoms in total. The fourth-order valence-electron chi connectivity index (χ4n) is 2.89. The maximum atomic E-state index is 12.8. The molecule has 1 aromatic rings. The maximum Gasteiger partial charge on any atom is 0.257 e. The van der Waals surface area contributed by atoms with Crippen LogP contribution in [0.3, 0.4) is 0 Å². The molecule has 1 fully saturated rings. The topological polar surface area (TPSA) is 38.1 Å². The zero-order valence-corrected chi connectivity index (χ0v) is 13.3. The molecule has 0 atom stereocenters. The standard InChI is InChI=1S/C14H22BrN3O/c1-3-13-12(10-17(2)16-13)14(19)18(9-8-15)11-6-4-5-7-11/h10-11H,3-9H2,1-2H3. The first-order chi connectivity index (χ1) is 9.17. The Hall–Kier alpha value is -0.840. The Morgan fingerprint density at radius 3 is 2.79 bits per heavy atom. The molecule has 19 heavy (non-hydrogen) atoms. The first kappa shape index (κ1) is 14.6. The van der Waals surface area contributed by atoms with Crippen molar-refractivity contribution in [2.45, 2.75) is 45.1 Å². The van der Waals surface area contributed by atoms with E-state index in [4.69, 9.17) is 0 Å². The average Bonchev–Trinajstić information content (AvgIpc) is 3.04. The lowest BCUT2D eigenvalue weighted by molar-refractivity contribution is 0.0695. The molecule has 1 heterocycles. The molecule has 1 aromatic heterocycles. The lowest BCUT2D eigenvalue weighted by Crippen LogP contribution is -2.40. The molecule has 1 saturated carbocycles. The van der Waals surface area contributed by atoms with Crippen LogP contribution in [0.5, 0.6) is 0 Å². The monoisotopic (exact) mass is 327 g/mol. The van der Waals surface area contributed by atoms with Gasteiger partial charge < -0.3 is 4.90 Å². The largest absolute Gasteiger partial charge is 0.335 e. The number of aryl methyl sites for hydroxylation is 2. The van der Waals surface area contributed by atoms with E-state index in [1.165, 1.54) is 12.8 Å². The van der Waals surface area contributed by atoms with Crippen molar-refractivity contribution in [2.75, 3.05) is 11.9 Å². The highest BCUT2D eigenvalue weighted by molar-refractivity contribution is 9.09. The van der Waals surface area contributed by atoms with E-state index >= 15 is 0 Å². The Morgan fingerprint density at radius 2 is 2.21 bits per heavy atom. The Labute approximate surface area is 123 Å². The van der Waals surface area contributed by atoms with E-state index in [1.54, 1.807) is 4.68 Å². The number of carbonyl (C=O) groups is 1. The van der Waals surface area contributed by atoms with Gasteiger partial charge in [-0.3, -0.25) is 9.48 Å². The van der Waals surface area contributed by atoms with E-state index in [-0.39, 0.29) is 5.91 Å². The summed E-state index contributed by atoms with van der Waals surface area (Å²) in [4.78, 5) is 14.8. The average molecular weight is 328 g/mol. The second-order valence-corrected chi connectivity index (χ2v) is 5.94. The summed E-state index contributed by atoms with van der Waals surface area (Å²) in [5, 5.41) is 5.21. The first-order valence-corrected chi connectivity index (χ1v) is 8.19. The van der Waals surface area contributed by atoms with Crippen molar-refractivity contribution in [1.82, 2.24) is 14.7 Å². The van der Waals surface area contributed by atoms with Crippen LogP contribution in [0.1, 0.15) is 48.7 Å². The van der Waals surface area contributed by atoms with Crippen molar-refractivity contribution in [3.05, 3.63) is 17.5 Å². The van der Waals surface area contributed by atoms with Crippen molar-refractivity contribution in [3.63, 3.8) is 0 Å². The minimum absolute atomic E-state index is 0.149. The van der Waals surface area contributed by atoms with E-state index < -0.39 is 0 Å². The van der Waals surface area contributed by atoms with E-state index in [9.17, 15) is 4.79 Å². The summed E-state index contributed by atoms with van der Waals surface area (Å²) in [6.07, 6.45) is 7.42. The van der Waals surface area contributed by atoms with E-state index in [0.717, 1.165) is 42.4 Å². The van der Waals surface area contributed by atoms with Crippen molar-refractivity contribution in [3.8, 4) is 0 Å². The highest BCUT2D eigenvalue weighted by Gasteiger charge is 2.28. The SMILES string of the molecule is CCc1nn(C)cc1C(=O)N(CCBr)C1CCCC1. The smallest absolute Gasteiger partial charge is 0.257 e. The molecular formula is C14H22BrN3O. The molecule has 1 aliphatic carbocycles. The molecule has 1 aliphatic rings. The zero-order chi connectivity index (χ0) is 13.8. The summed E-state index contributed by atoms with van der Waals surface area (Å²) in [5.41, 5.74) is 1.68. The fourth-order valence-corrected chi connectivity index (χ4v) is 3.27. The maximum absolute atomic E-state index is 12.8. The summed E-state index contributed by atoms with van der Waals surface area (Å²) < 4.78 is 1.74. The molecule has 106 valence electrons. The molecule has 5 heteroatoms. The van der Waals surface area contributed by atoms with Gasteiger partial charge in [0.2, 0.25) is 0 Å². The van der Waals surface area contributed by atoms with E-state index in [1.807, 2.05) is 25.1 Å². The molecular weight excluding hydrogens is 306 g/mol. The summed E-state index contributed by atoms with van der Waals surface area (Å²) in [6, 6.07) is 0.412. The second kappa shape index (κ2) is 6.55. The van der Waals surface area contributed by atoms with Crippen LogP contribution in [0.2, 0.25) is 0 Å². The number of alkyl halides is 1. The number of hydrogen-bond acceptors (Lipinski definition) is 2. The molecule has 0 unspecified atom stereocenters. The van der Waals surface area contributed by atoms with Crippen LogP contribution in [-0.4, -0.2) is 38.5 Å². The number of halogens is 1. The van der Waals surface area contributed by atoms with Crippen LogP contribution >= 0.6 is 15.9 Å². The van der Waals surface area contributed by atoms with Crippen molar-refractivity contribution in [1.29, 1.82) is 0 Å². The van der Waals surface area contributed by atoms with Gasteiger partial charge in [-0.2, -0.15) is 5.10 Å². The number of aromatic nitrogens is 2. The summed E-state index contributed by atoms with van der Waals surface area (Å²) >= 11 is 3.46. The van der Waals surface area contributed by atoms with Crippen LogP contribution in [0.25, 0.3) is 0 Å². The van der Waals surface area contributed by atoms with Gasteiger partial charge >= 0.3 is 0 Å². The third-order valence-corrected chi connectivity index (χ3v) is 4.18. The van der Waals surface area contributed by atoms with Gasteiger partial charge in [0.1, 0.15) is 0 Å². The third-order valence-electron chi connectivity index (χ3n) is 3.82. The number of amides is 1. The molecule has 2 rings (SSSR count).